The highest BCUT2D eigenvalue weighted by Gasteiger charge is 1.97. The molecule has 68 valence electrons. The van der Waals surface area contributed by atoms with Crippen molar-refractivity contribution in [2.75, 3.05) is 5.01 Å². The first-order valence-electron chi connectivity index (χ1n) is 3.63. The van der Waals surface area contributed by atoms with Gasteiger partial charge in [-0.05, 0) is 18.2 Å². The van der Waals surface area contributed by atoms with Crippen LogP contribution in [0.5, 0.6) is 0 Å². The van der Waals surface area contributed by atoms with Crippen LogP contribution in [-0.2, 0) is 0 Å². The zero-order valence-corrected chi connectivity index (χ0v) is 7.09. The average Bonchev–Trinajstić information content (AvgIpc) is 2.18. The molecule has 5 heteroatoms. The van der Waals surface area contributed by atoms with Crippen molar-refractivity contribution in [3.8, 4) is 0 Å². The predicted molar refractivity (Wildman–Crippen MR) is 53.7 cm³/mol. The minimum Gasteiger partial charge on any atom is -0.322 e. The predicted octanol–water partition coefficient (Wildman–Crippen LogP) is 0.307. The third-order valence-electron chi connectivity index (χ3n) is 1.47. The van der Waals surface area contributed by atoms with Gasteiger partial charge in [0.25, 0.3) is 0 Å². The molecule has 0 aromatic carbocycles. The van der Waals surface area contributed by atoms with E-state index in [-0.39, 0.29) is 0 Å². The third-order valence-corrected chi connectivity index (χ3v) is 1.47. The van der Waals surface area contributed by atoms with Gasteiger partial charge in [0.15, 0.2) is 0 Å². The van der Waals surface area contributed by atoms with E-state index in [4.69, 9.17) is 11.7 Å². The van der Waals surface area contributed by atoms with Crippen molar-refractivity contribution in [2.24, 2.45) is 16.8 Å². The van der Waals surface area contributed by atoms with Crippen molar-refractivity contribution in [3.05, 3.63) is 30.6 Å². The minimum absolute atomic E-state index is 0.708. The molecule has 0 unspecified atom stereocenters. The van der Waals surface area contributed by atoms with Crippen LogP contribution in [0.4, 0.5) is 5.69 Å². The number of pyridine rings is 1. The van der Waals surface area contributed by atoms with Gasteiger partial charge in [-0.1, -0.05) is 6.58 Å². The summed E-state index contributed by atoms with van der Waals surface area (Å²) in [5.41, 5.74) is 1.50. The fraction of sp³-hybridized carbons (Fsp3) is 0. The van der Waals surface area contributed by atoms with Crippen molar-refractivity contribution in [3.63, 3.8) is 0 Å². The van der Waals surface area contributed by atoms with Crippen LogP contribution in [0.2, 0.25) is 0 Å². The Morgan fingerprint density at radius 2 is 2.31 bits per heavy atom. The van der Waals surface area contributed by atoms with Gasteiger partial charge in [0.05, 0.1) is 17.6 Å². The number of hydrogen-bond acceptors (Lipinski definition) is 4. The Kier molecular flexibility index (Phi) is 2.99. The smallest absolute Gasteiger partial charge is 0.129 e. The van der Waals surface area contributed by atoms with Gasteiger partial charge in [0, 0.05) is 0 Å². The van der Waals surface area contributed by atoms with Gasteiger partial charge in [-0.25, -0.2) is 5.84 Å². The summed E-state index contributed by atoms with van der Waals surface area (Å²) in [4.78, 5) is 4.06. The lowest BCUT2D eigenvalue weighted by Gasteiger charge is -2.10. The molecule has 0 bridgehead atoms. The monoisotopic (exact) mass is 177 g/mol. The number of nitrogens with two attached hydrogens (primary N) is 2. The maximum absolute atomic E-state index is 5.54. The third kappa shape index (κ3) is 2.28. The van der Waals surface area contributed by atoms with Gasteiger partial charge < -0.3 is 5.84 Å². The van der Waals surface area contributed by atoms with E-state index in [2.05, 4.69) is 16.7 Å². The average molecular weight is 177 g/mol. The Hall–Kier alpha value is -1.88. The maximum atomic E-state index is 5.54. The SMILES string of the molecule is C=Cc1ccc(N(N)/C=N\N)cn1. The molecule has 0 aliphatic rings. The van der Waals surface area contributed by atoms with Crippen LogP contribution in [0.3, 0.4) is 0 Å². The van der Waals surface area contributed by atoms with Crippen LogP contribution in [0.15, 0.2) is 30.0 Å². The Morgan fingerprint density at radius 3 is 2.77 bits per heavy atom. The summed E-state index contributed by atoms with van der Waals surface area (Å²) in [5, 5.41) is 4.56. The summed E-state index contributed by atoms with van der Waals surface area (Å²) in [7, 11) is 0. The second-order valence-corrected chi connectivity index (χ2v) is 2.32. The second kappa shape index (κ2) is 4.22. The van der Waals surface area contributed by atoms with Crippen LogP contribution in [-0.4, -0.2) is 11.3 Å². The number of anilines is 1. The molecular formula is C8H11N5. The highest BCUT2D eigenvalue weighted by atomic mass is 15.4. The summed E-state index contributed by atoms with van der Waals surface area (Å²) in [6.07, 6.45) is 4.56. The molecular weight excluding hydrogens is 166 g/mol. The van der Waals surface area contributed by atoms with Crippen molar-refractivity contribution in [1.29, 1.82) is 0 Å². The lowest BCUT2D eigenvalue weighted by Crippen LogP contribution is -2.29. The molecule has 1 rings (SSSR count). The van der Waals surface area contributed by atoms with Crippen molar-refractivity contribution in [1.82, 2.24) is 4.98 Å². The first-order chi connectivity index (χ1) is 6.27. The summed E-state index contributed by atoms with van der Waals surface area (Å²) in [6.45, 7) is 3.59. The first-order valence-corrected chi connectivity index (χ1v) is 3.63. The van der Waals surface area contributed by atoms with Crippen LogP contribution in [0, 0.1) is 0 Å². The second-order valence-electron chi connectivity index (χ2n) is 2.32. The molecule has 1 heterocycles. The molecule has 5 nitrogen and oxygen atoms in total. The Balaban J connectivity index is 2.85. The Labute approximate surface area is 76.3 Å². The molecule has 0 aliphatic heterocycles. The molecule has 0 atom stereocenters. The zero-order valence-electron chi connectivity index (χ0n) is 7.09. The van der Waals surface area contributed by atoms with Crippen LogP contribution >= 0.6 is 0 Å². The molecule has 4 N–H and O–H groups in total. The fourth-order valence-electron chi connectivity index (χ4n) is 0.809. The molecule has 0 spiro atoms. The highest BCUT2D eigenvalue weighted by molar-refractivity contribution is 5.76. The van der Waals surface area contributed by atoms with Gasteiger partial charge >= 0.3 is 0 Å². The van der Waals surface area contributed by atoms with Gasteiger partial charge in [0.2, 0.25) is 0 Å². The number of hydrogen-bond donors (Lipinski definition) is 2. The molecule has 0 radical (unpaired) electrons. The largest absolute Gasteiger partial charge is 0.322 e. The van der Waals surface area contributed by atoms with E-state index >= 15 is 0 Å². The van der Waals surface area contributed by atoms with E-state index < -0.39 is 0 Å². The number of nitrogens with zero attached hydrogens (tertiary/aromatic N) is 3. The molecule has 0 amide bonds. The van der Waals surface area contributed by atoms with Gasteiger partial charge in [-0.3, -0.25) is 9.99 Å². The lowest BCUT2D eigenvalue weighted by atomic mass is 10.3. The normalized spacial score (nSPS) is 10.2. The standard InChI is InChI=1S/C8H11N5/c1-2-7-3-4-8(5-11-7)13(10)6-12-9/h2-6H,1,9-10H2/b12-6-. The van der Waals surface area contributed by atoms with E-state index in [1.54, 1.807) is 24.4 Å². The van der Waals surface area contributed by atoms with Gasteiger partial charge in [0.1, 0.15) is 6.34 Å². The van der Waals surface area contributed by atoms with Crippen LogP contribution in [0.25, 0.3) is 6.08 Å². The molecule has 0 fully saturated rings. The van der Waals surface area contributed by atoms with E-state index in [1.807, 2.05) is 0 Å². The summed E-state index contributed by atoms with van der Waals surface area (Å²) >= 11 is 0. The number of rotatable bonds is 3. The van der Waals surface area contributed by atoms with Crippen molar-refractivity contribution in [2.45, 2.75) is 0 Å². The number of hydrazine groups is 1. The fourth-order valence-corrected chi connectivity index (χ4v) is 0.809. The molecule has 13 heavy (non-hydrogen) atoms. The quantitative estimate of drug-likeness (QED) is 0.301. The zero-order chi connectivity index (χ0) is 9.68. The van der Waals surface area contributed by atoms with Crippen LogP contribution in [0.1, 0.15) is 5.69 Å². The van der Waals surface area contributed by atoms with Crippen LogP contribution < -0.4 is 16.7 Å². The maximum Gasteiger partial charge on any atom is 0.129 e. The van der Waals surface area contributed by atoms with Crippen molar-refractivity contribution < 1.29 is 0 Å². The Morgan fingerprint density at radius 1 is 1.54 bits per heavy atom. The molecule has 0 aliphatic carbocycles. The van der Waals surface area contributed by atoms with E-state index in [0.29, 0.717) is 5.69 Å². The number of hydrazone groups is 1. The van der Waals surface area contributed by atoms with Crippen molar-refractivity contribution >= 4 is 18.1 Å². The minimum atomic E-state index is 0.708. The first kappa shape index (κ1) is 9.21. The lowest BCUT2D eigenvalue weighted by molar-refractivity contribution is 1.10. The summed E-state index contributed by atoms with van der Waals surface area (Å²) in [6, 6.07) is 3.60. The van der Waals surface area contributed by atoms with E-state index in [1.165, 1.54) is 11.3 Å². The van der Waals surface area contributed by atoms with Gasteiger partial charge in [-0.15, -0.1) is 0 Å². The molecule has 1 aromatic heterocycles. The summed E-state index contributed by atoms with van der Waals surface area (Å²) in [5.74, 6) is 10.5. The Bertz CT molecular complexity index is 303. The van der Waals surface area contributed by atoms with E-state index in [0.717, 1.165) is 5.69 Å². The van der Waals surface area contributed by atoms with E-state index in [9.17, 15) is 0 Å². The van der Waals surface area contributed by atoms with Gasteiger partial charge in [-0.2, -0.15) is 5.10 Å². The summed E-state index contributed by atoms with van der Waals surface area (Å²) < 4.78 is 0. The molecule has 1 aromatic rings. The number of aromatic nitrogens is 1. The topological polar surface area (TPSA) is 80.5 Å². The highest BCUT2D eigenvalue weighted by Crippen LogP contribution is 2.08. The molecule has 0 saturated carbocycles. The molecule has 0 saturated heterocycles.